The number of benzene rings is 1. The molecule has 3 N–H and O–H groups in total. The van der Waals surface area contributed by atoms with Crippen LogP contribution in [0, 0.1) is 17.8 Å². The fraction of sp³-hybridized carbons (Fsp3) is 0.683. The van der Waals surface area contributed by atoms with Gasteiger partial charge in [-0.3, -0.25) is 28.5 Å². The van der Waals surface area contributed by atoms with Crippen molar-refractivity contribution in [3.8, 4) is 5.88 Å². The molecular formula is C41H55N5O9S. The average Bonchev–Trinajstić information content (AvgIpc) is 3.96. The van der Waals surface area contributed by atoms with E-state index in [-0.39, 0.29) is 48.8 Å². The van der Waals surface area contributed by atoms with Crippen molar-refractivity contribution < 1.29 is 37.1 Å². The van der Waals surface area contributed by atoms with Crippen LogP contribution in [0.15, 0.2) is 35.1 Å². The highest BCUT2D eigenvalue weighted by Crippen LogP contribution is 2.47. The largest absolute Gasteiger partial charge is 0.473 e. The van der Waals surface area contributed by atoms with Gasteiger partial charge in [-0.15, -0.1) is 0 Å². The first-order valence-electron chi connectivity index (χ1n) is 20.9. The average molecular weight is 794 g/mol. The second-order valence-corrected chi connectivity index (χ2v) is 19.1. The summed E-state index contributed by atoms with van der Waals surface area (Å²) in [5.74, 6) is -1.66. The number of nitrogens with one attached hydrogen (secondary N) is 3. The number of aromatic nitrogens is 1. The Kier molecular flexibility index (Phi) is 10.8. The lowest BCUT2D eigenvalue weighted by Crippen LogP contribution is -2.59. The summed E-state index contributed by atoms with van der Waals surface area (Å²) in [4.78, 5) is 72.0. The molecule has 1 aromatic heterocycles. The number of alkyl carbamates (subject to hydrolysis) is 1. The summed E-state index contributed by atoms with van der Waals surface area (Å²) in [6, 6.07) is 7.15. The molecule has 5 fully saturated rings. The van der Waals surface area contributed by atoms with Crippen LogP contribution < -0.4 is 25.7 Å². The van der Waals surface area contributed by atoms with Crippen LogP contribution in [0.3, 0.4) is 0 Å². The van der Waals surface area contributed by atoms with Gasteiger partial charge in [-0.05, 0) is 93.4 Å². The SMILES string of the molecule is CC[C@@H]1C[C@]1(NC(=O)[C@@H]1C[C@@H]2CN1C(=O)[C@H](C1CCCC1)NC(=O)O[C@@H]1CCC[C@H]1CCCCCn1c(cc3ccccc3c1=O)O2)C(=O)NS(=O)(=O)C1CC1. The Hall–Kier alpha value is -4.14. The van der Waals surface area contributed by atoms with Crippen LogP contribution >= 0.6 is 0 Å². The van der Waals surface area contributed by atoms with E-state index in [0.29, 0.717) is 37.1 Å². The second kappa shape index (κ2) is 15.7. The summed E-state index contributed by atoms with van der Waals surface area (Å²) in [7, 11) is -3.87. The maximum Gasteiger partial charge on any atom is 0.408 e. The summed E-state index contributed by atoms with van der Waals surface area (Å²) in [6.45, 7) is 2.30. The van der Waals surface area contributed by atoms with Crippen LogP contribution in [-0.2, 0) is 35.7 Å². The number of hydrogen-bond acceptors (Lipinski definition) is 9. The van der Waals surface area contributed by atoms with E-state index in [2.05, 4.69) is 15.4 Å². The van der Waals surface area contributed by atoms with Crippen LogP contribution in [0.2, 0.25) is 0 Å². The van der Waals surface area contributed by atoms with Crippen molar-refractivity contribution in [2.24, 2.45) is 17.8 Å². The smallest absolute Gasteiger partial charge is 0.408 e. The van der Waals surface area contributed by atoms with Crippen molar-refractivity contribution in [1.29, 1.82) is 0 Å². The van der Waals surface area contributed by atoms with E-state index in [0.717, 1.165) is 76.0 Å². The third-order valence-electron chi connectivity index (χ3n) is 13.4. The van der Waals surface area contributed by atoms with Gasteiger partial charge in [-0.1, -0.05) is 57.2 Å². The van der Waals surface area contributed by atoms with Gasteiger partial charge in [-0.25, -0.2) is 13.2 Å². The number of hydrogen-bond donors (Lipinski definition) is 3. The highest BCUT2D eigenvalue weighted by atomic mass is 32.2. The lowest BCUT2D eigenvalue weighted by Gasteiger charge is -2.32. The third kappa shape index (κ3) is 7.76. The van der Waals surface area contributed by atoms with Gasteiger partial charge in [0.2, 0.25) is 21.8 Å². The zero-order chi connectivity index (χ0) is 39.2. The quantitative estimate of drug-likeness (QED) is 0.369. The van der Waals surface area contributed by atoms with E-state index in [1.807, 2.05) is 31.2 Å². The van der Waals surface area contributed by atoms with Crippen molar-refractivity contribution in [2.45, 2.75) is 151 Å². The van der Waals surface area contributed by atoms with Crippen LogP contribution in [0.25, 0.3) is 10.8 Å². The summed E-state index contributed by atoms with van der Waals surface area (Å²) < 4.78 is 42.2. The molecule has 1 aromatic carbocycles. The number of sulfonamides is 1. The molecule has 0 radical (unpaired) electrons. The molecule has 1 saturated heterocycles. The molecule has 6 aliphatic rings. The van der Waals surface area contributed by atoms with E-state index in [1.165, 1.54) is 4.90 Å². The zero-order valence-electron chi connectivity index (χ0n) is 32.2. The van der Waals surface area contributed by atoms with Crippen molar-refractivity contribution in [2.75, 3.05) is 6.54 Å². The van der Waals surface area contributed by atoms with Gasteiger partial charge in [0.05, 0.1) is 11.8 Å². The van der Waals surface area contributed by atoms with Gasteiger partial charge < -0.3 is 25.0 Å². The van der Waals surface area contributed by atoms with Gasteiger partial charge in [-0.2, -0.15) is 0 Å². The third-order valence-corrected chi connectivity index (χ3v) is 15.2. The predicted molar refractivity (Wildman–Crippen MR) is 207 cm³/mol. The molecule has 4 aliphatic carbocycles. The number of carbonyl (C=O) groups is 4. The Morgan fingerprint density at radius 2 is 1.64 bits per heavy atom. The summed E-state index contributed by atoms with van der Waals surface area (Å²) in [6.07, 6.45) is 9.62. The number of pyridine rings is 1. The van der Waals surface area contributed by atoms with Crippen molar-refractivity contribution in [1.82, 2.24) is 24.8 Å². The van der Waals surface area contributed by atoms with Crippen LogP contribution in [0.4, 0.5) is 4.79 Å². The molecule has 3 heterocycles. The molecule has 7 atom stereocenters. The second-order valence-electron chi connectivity index (χ2n) is 17.1. The van der Waals surface area contributed by atoms with E-state index >= 15 is 0 Å². The summed E-state index contributed by atoms with van der Waals surface area (Å²) in [5, 5.41) is 6.54. The van der Waals surface area contributed by atoms with Gasteiger partial charge in [0.25, 0.3) is 11.5 Å². The molecule has 2 bridgehead atoms. The maximum atomic E-state index is 14.9. The molecule has 0 unspecified atom stereocenters. The molecule has 2 aliphatic heterocycles. The first-order chi connectivity index (χ1) is 27.0. The van der Waals surface area contributed by atoms with Crippen LogP contribution in [0.1, 0.15) is 110 Å². The van der Waals surface area contributed by atoms with Crippen molar-refractivity contribution >= 4 is 44.6 Å². The Morgan fingerprint density at radius 1 is 0.911 bits per heavy atom. The van der Waals surface area contributed by atoms with Gasteiger partial charge in [0, 0.05) is 24.4 Å². The minimum atomic E-state index is -3.87. The Bertz CT molecular complexity index is 2030. The van der Waals surface area contributed by atoms with E-state index < -0.39 is 62.8 Å². The number of fused-ring (bicyclic) bond motifs is 5. The van der Waals surface area contributed by atoms with Crippen molar-refractivity contribution in [3.63, 3.8) is 0 Å². The van der Waals surface area contributed by atoms with Gasteiger partial charge in [0.15, 0.2) is 5.88 Å². The normalized spacial score (nSPS) is 31.6. The fourth-order valence-electron chi connectivity index (χ4n) is 9.92. The first kappa shape index (κ1) is 38.7. The maximum absolute atomic E-state index is 14.9. The number of rotatable bonds is 7. The molecular weight excluding hydrogens is 739 g/mol. The van der Waals surface area contributed by atoms with Crippen molar-refractivity contribution in [3.05, 3.63) is 40.7 Å². The number of ether oxygens (including phenoxy) is 2. The number of carbonyl (C=O) groups excluding carboxylic acids is 4. The predicted octanol–water partition coefficient (Wildman–Crippen LogP) is 4.27. The molecule has 56 heavy (non-hydrogen) atoms. The van der Waals surface area contributed by atoms with E-state index in [1.54, 1.807) is 10.6 Å². The molecule has 4 saturated carbocycles. The lowest BCUT2D eigenvalue weighted by atomic mass is 9.96. The van der Waals surface area contributed by atoms with Crippen LogP contribution in [0.5, 0.6) is 5.88 Å². The minimum absolute atomic E-state index is 0.00491. The molecule has 4 amide bonds. The fourth-order valence-corrected chi connectivity index (χ4v) is 11.3. The van der Waals surface area contributed by atoms with E-state index in [9.17, 15) is 32.4 Å². The molecule has 2 aromatic rings. The Morgan fingerprint density at radius 3 is 2.39 bits per heavy atom. The topological polar surface area (TPSA) is 182 Å². The van der Waals surface area contributed by atoms with Gasteiger partial charge >= 0.3 is 6.09 Å². The molecule has 0 spiro atoms. The van der Waals surface area contributed by atoms with Gasteiger partial charge in [0.1, 0.15) is 29.8 Å². The minimum Gasteiger partial charge on any atom is -0.473 e. The molecule has 15 heteroatoms. The number of amides is 4. The molecule has 304 valence electrons. The number of nitrogens with zero attached hydrogens (tertiary/aromatic N) is 2. The Balaban J connectivity index is 1.13. The Labute approximate surface area is 327 Å². The molecule has 14 nitrogen and oxygen atoms in total. The van der Waals surface area contributed by atoms with Crippen LogP contribution in [-0.4, -0.2) is 83.3 Å². The monoisotopic (exact) mass is 793 g/mol. The lowest BCUT2D eigenvalue weighted by molar-refractivity contribution is -0.142. The van der Waals surface area contributed by atoms with E-state index in [4.69, 9.17) is 9.47 Å². The first-order valence-corrected chi connectivity index (χ1v) is 22.5. The summed E-state index contributed by atoms with van der Waals surface area (Å²) >= 11 is 0. The zero-order valence-corrected chi connectivity index (χ0v) is 33.0. The standard InChI is InChI=1S/C41H55N5O9S/c1-2-28-23-41(28,39(50)44-56(52,53)30-18-19-30)43-36(47)32-22-29-24-46(32)38(49)35(26-12-5-6-13-26)42-40(51)55-33-17-10-15-25(33)11-4-3-9-20-45-34(54-29)21-27-14-7-8-16-31(27)37(45)48/h7-8,14,16,21,25-26,28-30,32-33,35H,2-6,9-13,15,17-20,22-24H2,1H3,(H,42,51)(H,43,47)(H,44,50)/t25-,28-,29-,32+,33-,35+,41-/m1/s1. The summed E-state index contributed by atoms with van der Waals surface area (Å²) in [5.41, 5.74) is -1.61. The highest BCUT2D eigenvalue weighted by molar-refractivity contribution is 7.91. The molecule has 8 rings (SSSR count). The highest BCUT2D eigenvalue weighted by Gasteiger charge is 2.62.